The molecule has 5 heteroatoms. The first-order valence-electron chi connectivity index (χ1n) is 6.09. The van der Waals surface area contributed by atoms with Gasteiger partial charge in [-0.25, -0.2) is 0 Å². The molecule has 0 unspecified atom stereocenters. The van der Waals surface area contributed by atoms with Crippen LogP contribution >= 0.6 is 0 Å². The van der Waals surface area contributed by atoms with Crippen molar-refractivity contribution in [2.24, 2.45) is 0 Å². The lowest BCUT2D eigenvalue weighted by Gasteiger charge is -2.01. The highest BCUT2D eigenvalue weighted by Crippen LogP contribution is 2.09. The maximum absolute atomic E-state index is 5.48. The fraction of sp³-hybridized carbons (Fsp3) is 0.462. The molecule has 0 atom stereocenters. The third-order valence-electron chi connectivity index (χ3n) is 2.62. The topological polar surface area (TPSA) is 52.2 Å². The van der Waals surface area contributed by atoms with Gasteiger partial charge in [-0.2, -0.15) is 5.10 Å². The molecule has 0 radical (unpaired) electrons. The summed E-state index contributed by atoms with van der Waals surface area (Å²) in [7, 11) is 1.71. The van der Waals surface area contributed by atoms with Crippen LogP contribution in [0.2, 0.25) is 0 Å². The highest BCUT2D eigenvalue weighted by molar-refractivity contribution is 5.32. The van der Waals surface area contributed by atoms with Crippen LogP contribution in [0.15, 0.2) is 28.8 Å². The number of nitrogens with zero attached hydrogens (tertiary/aromatic N) is 2. The van der Waals surface area contributed by atoms with Gasteiger partial charge in [-0.15, -0.1) is 0 Å². The van der Waals surface area contributed by atoms with Gasteiger partial charge in [-0.05, 0) is 25.5 Å². The Kier molecular flexibility index (Phi) is 4.41. The first kappa shape index (κ1) is 12.7. The van der Waals surface area contributed by atoms with Crippen LogP contribution in [-0.4, -0.2) is 23.5 Å². The molecule has 2 rings (SSSR count). The largest absolute Gasteiger partial charge is 0.465 e. The second-order valence-electron chi connectivity index (χ2n) is 4.18. The Morgan fingerprint density at radius 1 is 1.39 bits per heavy atom. The zero-order chi connectivity index (χ0) is 12.8. The smallest absolute Gasteiger partial charge is 0.148 e. The number of nitrogens with one attached hydrogen (secondary N) is 1. The van der Waals surface area contributed by atoms with Crippen LogP contribution in [0.25, 0.3) is 0 Å². The van der Waals surface area contributed by atoms with Crippen molar-refractivity contribution in [1.82, 2.24) is 9.78 Å². The average molecular weight is 249 g/mol. The molecule has 2 aromatic rings. The summed E-state index contributed by atoms with van der Waals surface area (Å²) in [6, 6.07) is 5.89. The van der Waals surface area contributed by atoms with Crippen molar-refractivity contribution in [3.8, 4) is 0 Å². The Morgan fingerprint density at radius 2 is 2.28 bits per heavy atom. The fourth-order valence-corrected chi connectivity index (χ4v) is 1.71. The fourth-order valence-electron chi connectivity index (χ4n) is 1.71. The van der Waals surface area contributed by atoms with Gasteiger partial charge in [0.05, 0.1) is 6.54 Å². The summed E-state index contributed by atoms with van der Waals surface area (Å²) < 4.78 is 12.4. The maximum atomic E-state index is 5.48. The van der Waals surface area contributed by atoms with E-state index in [0.29, 0.717) is 6.54 Å². The molecule has 18 heavy (non-hydrogen) atoms. The van der Waals surface area contributed by atoms with Crippen LogP contribution in [-0.2, 0) is 17.8 Å². The Balaban J connectivity index is 1.79. The summed E-state index contributed by atoms with van der Waals surface area (Å²) in [6.07, 6.45) is 2.93. The van der Waals surface area contributed by atoms with Crippen molar-refractivity contribution >= 4 is 5.82 Å². The first-order chi connectivity index (χ1) is 8.78. The number of anilines is 1. The molecule has 0 saturated heterocycles. The van der Waals surface area contributed by atoms with Crippen molar-refractivity contribution in [2.75, 3.05) is 19.0 Å². The van der Waals surface area contributed by atoms with Gasteiger partial charge in [-0.3, -0.25) is 4.68 Å². The van der Waals surface area contributed by atoms with Crippen molar-refractivity contribution in [1.29, 1.82) is 0 Å². The summed E-state index contributed by atoms with van der Waals surface area (Å²) in [6.45, 7) is 4.22. The van der Waals surface area contributed by atoms with E-state index in [-0.39, 0.29) is 0 Å². The molecule has 0 saturated carbocycles. The van der Waals surface area contributed by atoms with E-state index >= 15 is 0 Å². The van der Waals surface area contributed by atoms with Crippen molar-refractivity contribution < 1.29 is 9.15 Å². The second-order valence-corrected chi connectivity index (χ2v) is 4.18. The third-order valence-corrected chi connectivity index (χ3v) is 2.62. The maximum Gasteiger partial charge on any atom is 0.148 e. The minimum atomic E-state index is 0.656. The molecule has 2 aromatic heterocycles. The van der Waals surface area contributed by atoms with Gasteiger partial charge >= 0.3 is 0 Å². The summed E-state index contributed by atoms with van der Waals surface area (Å²) in [5.41, 5.74) is 0. The number of hydrogen-bond acceptors (Lipinski definition) is 4. The monoisotopic (exact) mass is 249 g/mol. The van der Waals surface area contributed by atoms with E-state index in [9.17, 15) is 0 Å². The minimum Gasteiger partial charge on any atom is -0.465 e. The predicted octanol–water partition coefficient (Wildman–Crippen LogP) is 2.43. The van der Waals surface area contributed by atoms with Crippen LogP contribution in [0.5, 0.6) is 0 Å². The lowest BCUT2D eigenvalue weighted by Crippen LogP contribution is -2.04. The van der Waals surface area contributed by atoms with E-state index in [1.807, 2.05) is 36.0 Å². The number of furan rings is 1. The standard InChI is InChI=1S/C13H19N3O2/c1-11-4-5-12(18-11)10-14-13-6-8-16(15-13)7-3-9-17-2/h4-6,8H,3,7,9-10H2,1-2H3,(H,14,15). The second kappa shape index (κ2) is 6.26. The number of methoxy groups -OCH3 is 1. The van der Waals surface area contributed by atoms with Crippen LogP contribution in [0.4, 0.5) is 5.82 Å². The lowest BCUT2D eigenvalue weighted by atomic mass is 10.4. The molecular formula is C13H19N3O2. The molecule has 0 aliphatic rings. The number of ether oxygens (including phenoxy) is 1. The van der Waals surface area contributed by atoms with E-state index < -0.39 is 0 Å². The normalized spacial score (nSPS) is 10.8. The van der Waals surface area contributed by atoms with Gasteiger partial charge < -0.3 is 14.5 Å². The number of aryl methyl sites for hydroxylation is 2. The van der Waals surface area contributed by atoms with E-state index in [1.54, 1.807) is 7.11 Å². The molecule has 0 aromatic carbocycles. The zero-order valence-electron chi connectivity index (χ0n) is 10.8. The Morgan fingerprint density at radius 3 is 3.00 bits per heavy atom. The summed E-state index contributed by atoms with van der Waals surface area (Å²) in [5, 5.41) is 7.64. The Labute approximate surface area is 107 Å². The van der Waals surface area contributed by atoms with Crippen molar-refractivity contribution in [3.05, 3.63) is 35.9 Å². The van der Waals surface area contributed by atoms with Gasteiger partial charge in [-0.1, -0.05) is 0 Å². The Hall–Kier alpha value is -1.75. The molecule has 2 heterocycles. The summed E-state index contributed by atoms with van der Waals surface area (Å²) in [5.74, 6) is 2.71. The van der Waals surface area contributed by atoms with Crippen LogP contribution in [0, 0.1) is 6.92 Å². The van der Waals surface area contributed by atoms with Gasteiger partial charge in [0.1, 0.15) is 17.3 Å². The van der Waals surface area contributed by atoms with Crippen LogP contribution in [0.1, 0.15) is 17.9 Å². The van der Waals surface area contributed by atoms with Crippen LogP contribution < -0.4 is 5.32 Å². The van der Waals surface area contributed by atoms with Gasteiger partial charge in [0.2, 0.25) is 0 Å². The van der Waals surface area contributed by atoms with E-state index in [2.05, 4.69) is 10.4 Å². The van der Waals surface area contributed by atoms with Gasteiger partial charge in [0.25, 0.3) is 0 Å². The highest BCUT2D eigenvalue weighted by atomic mass is 16.5. The third kappa shape index (κ3) is 3.63. The lowest BCUT2D eigenvalue weighted by molar-refractivity contribution is 0.189. The van der Waals surface area contributed by atoms with Gasteiger partial charge in [0.15, 0.2) is 0 Å². The van der Waals surface area contributed by atoms with Crippen molar-refractivity contribution in [2.45, 2.75) is 26.4 Å². The summed E-state index contributed by atoms with van der Waals surface area (Å²) in [4.78, 5) is 0. The summed E-state index contributed by atoms with van der Waals surface area (Å²) >= 11 is 0. The zero-order valence-corrected chi connectivity index (χ0v) is 10.8. The predicted molar refractivity (Wildman–Crippen MR) is 69.5 cm³/mol. The van der Waals surface area contributed by atoms with Crippen molar-refractivity contribution in [3.63, 3.8) is 0 Å². The number of rotatable bonds is 7. The molecule has 0 fully saturated rings. The minimum absolute atomic E-state index is 0.656. The van der Waals surface area contributed by atoms with E-state index in [1.165, 1.54) is 0 Å². The molecular weight excluding hydrogens is 230 g/mol. The molecule has 0 aliphatic carbocycles. The molecule has 0 bridgehead atoms. The van der Waals surface area contributed by atoms with Crippen LogP contribution in [0.3, 0.4) is 0 Å². The SMILES string of the molecule is COCCCn1ccc(NCc2ccc(C)o2)n1. The molecule has 0 amide bonds. The number of aromatic nitrogens is 2. The van der Waals surface area contributed by atoms with E-state index in [4.69, 9.17) is 9.15 Å². The molecule has 0 aliphatic heterocycles. The molecule has 0 spiro atoms. The highest BCUT2D eigenvalue weighted by Gasteiger charge is 2.01. The van der Waals surface area contributed by atoms with Gasteiger partial charge in [0, 0.05) is 32.5 Å². The molecule has 5 nitrogen and oxygen atoms in total. The molecule has 1 N–H and O–H groups in total. The quantitative estimate of drug-likeness (QED) is 0.766. The average Bonchev–Trinajstić information content (AvgIpc) is 2.96. The molecule has 98 valence electrons. The van der Waals surface area contributed by atoms with E-state index in [0.717, 1.165) is 36.9 Å². The Bertz CT molecular complexity index is 476. The number of hydrogen-bond donors (Lipinski definition) is 1. The first-order valence-corrected chi connectivity index (χ1v) is 6.09.